The molecule has 2 heterocycles. The fraction of sp³-hybridized carbons (Fsp3) is 0.500. The summed E-state index contributed by atoms with van der Waals surface area (Å²) >= 11 is 1.30. The number of piperazine rings is 1. The van der Waals surface area contributed by atoms with Gasteiger partial charge in [-0.05, 0) is 0 Å². The highest BCUT2D eigenvalue weighted by molar-refractivity contribution is 7.13. The van der Waals surface area contributed by atoms with Crippen LogP contribution in [0.2, 0.25) is 0 Å². The fourth-order valence-electron chi connectivity index (χ4n) is 2.13. The molecule has 1 aromatic rings. The molecule has 0 aliphatic carbocycles. The number of amides is 2. The number of carbonyl (C=O) groups is 3. The maximum absolute atomic E-state index is 11.8. The van der Waals surface area contributed by atoms with E-state index in [4.69, 9.17) is 5.11 Å². The summed E-state index contributed by atoms with van der Waals surface area (Å²) in [4.78, 5) is 39.7. The summed E-state index contributed by atoms with van der Waals surface area (Å²) in [6, 6.07) is -0.692. The highest BCUT2D eigenvalue weighted by atomic mass is 32.1. The lowest BCUT2D eigenvalue weighted by Gasteiger charge is -2.33. The number of nitrogens with zero attached hydrogens (tertiary/aromatic N) is 2. The number of rotatable bonds is 5. The molecule has 114 valence electrons. The van der Waals surface area contributed by atoms with Gasteiger partial charge in [-0.3, -0.25) is 19.3 Å². The first kappa shape index (κ1) is 15.4. The van der Waals surface area contributed by atoms with Crippen LogP contribution < -0.4 is 10.6 Å². The predicted octanol–water partition coefficient (Wildman–Crippen LogP) is -0.123. The van der Waals surface area contributed by atoms with Crippen LogP contribution in [-0.2, 0) is 20.9 Å². The molecule has 1 unspecified atom stereocenters. The molecule has 1 aliphatic rings. The minimum Gasteiger partial charge on any atom is -0.481 e. The Kier molecular flexibility index (Phi) is 4.86. The highest BCUT2D eigenvalue weighted by Gasteiger charge is 2.31. The Bertz CT molecular complexity index is 559. The molecule has 1 aromatic heterocycles. The smallest absolute Gasteiger partial charge is 0.305 e. The lowest BCUT2D eigenvalue weighted by atomic mass is 10.1. The van der Waals surface area contributed by atoms with Gasteiger partial charge < -0.3 is 15.7 Å². The third kappa shape index (κ3) is 4.23. The van der Waals surface area contributed by atoms with E-state index in [0.29, 0.717) is 30.5 Å². The molecule has 3 N–H and O–H groups in total. The van der Waals surface area contributed by atoms with E-state index in [1.54, 1.807) is 10.3 Å². The van der Waals surface area contributed by atoms with E-state index in [9.17, 15) is 14.4 Å². The summed E-state index contributed by atoms with van der Waals surface area (Å²) < 4.78 is 0. The van der Waals surface area contributed by atoms with Crippen LogP contribution in [0.15, 0.2) is 5.38 Å². The number of hydrogen-bond donors (Lipinski definition) is 3. The molecule has 1 saturated heterocycles. The monoisotopic (exact) mass is 312 g/mol. The molecule has 1 atom stereocenters. The van der Waals surface area contributed by atoms with Crippen molar-refractivity contribution < 1.29 is 19.5 Å². The average molecular weight is 312 g/mol. The molecule has 1 aliphatic heterocycles. The van der Waals surface area contributed by atoms with Crippen molar-refractivity contribution >= 4 is 34.3 Å². The van der Waals surface area contributed by atoms with Gasteiger partial charge in [0.05, 0.1) is 12.1 Å². The van der Waals surface area contributed by atoms with Gasteiger partial charge in [-0.25, -0.2) is 4.98 Å². The van der Waals surface area contributed by atoms with Crippen LogP contribution in [-0.4, -0.2) is 51.9 Å². The Morgan fingerprint density at radius 1 is 1.62 bits per heavy atom. The van der Waals surface area contributed by atoms with Gasteiger partial charge in [-0.1, -0.05) is 0 Å². The van der Waals surface area contributed by atoms with Crippen molar-refractivity contribution in [1.82, 2.24) is 15.2 Å². The second-order valence-corrected chi connectivity index (χ2v) is 5.56. The van der Waals surface area contributed by atoms with Crippen molar-refractivity contribution in [2.45, 2.75) is 25.9 Å². The molecular weight excluding hydrogens is 296 g/mol. The van der Waals surface area contributed by atoms with Crippen LogP contribution in [0.25, 0.3) is 0 Å². The largest absolute Gasteiger partial charge is 0.481 e. The zero-order valence-corrected chi connectivity index (χ0v) is 12.3. The van der Waals surface area contributed by atoms with Gasteiger partial charge in [0, 0.05) is 31.9 Å². The van der Waals surface area contributed by atoms with Gasteiger partial charge >= 0.3 is 5.97 Å². The lowest BCUT2D eigenvalue weighted by molar-refractivity contribution is -0.143. The molecule has 0 radical (unpaired) electrons. The van der Waals surface area contributed by atoms with E-state index < -0.39 is 12.0 Å². The van der Waals surface area contributed by atoms with Crippen molar-refractivity contribution in [3.63, 3.8) is 0 Å². The number of carboxylic acid groups (broad SMARTS) is 1. The van der Waals surface area contributed by atoms with Crippen LogP contribution in [0.4, 0.5) is 5.13 Å². The molecule has 0 bridgehead atoms. The maximum Gasteiger partial charge on any atom is 0.305 e. The van der Waals surface area contributed by atoms with Gasteiger partial charge in [0.15, 0.2) is 5.13 Å². The van der Waals surface area contributed by atoms with Crippen molar-refractivity contribution in [1.29, 1.82) is 0 Å². The molecule has 8 nitrogen and oxygen atoms in total. The van der Waals surface area contributed by atoms with E-state index in [1.165, 1.54) is 18.3 Å². The van der Waals surface area contributed by atoms with Crippen LogP contribution in [0.1, 0.15) is 19.0 Å². The number of hydrogen-bond acceptors (Lipinski definition) is 6. The highest BCUT2D eigenvalue weighted by Crippen LogP contribution is 2.19. The Labute approximate surface area is 125 Å². The number of anilines is 1. The van der Waals surface area contributed by atoms with E-state index in [-0.39, 0.29) is 18.2 Å². The molecular formula is C12H16N4O4S. The van der Waals surface area contributed by atoms with Crippen molar-refractivity contribution in [2.24, 2.45) is 0 Å². The zero-order chi connectivity index (χ0) is 15.4. The van der Waals surface area contributed by atoms with Crippen LogP contribution in [0, 0.1) is 0 Å². The van der Waals surface area contributed by atoms with Gasteiger partial charge in [0.2, 0.25) is 11.8 Å². The molecule has 21 heavy (non-hydrogen) atoms. The quantitative estimate of drug-likeness (QED) is 0.699. The summed E-state index contributed by atoms with van der Waals surface area (Å²) in [6.45, 7) is 2.83. The number of aromatic nitrogens is 1. The van der Waals surface area contributed by atoms with E-state index >= 15 is 0 Å². The molecule has 9 heteroatoms. The number of carbonyl (C=O) groups excluding carboxylic acids is 2. The lowest BCUT2D eigenvalue weighted by Crippen LogP contribution is -2.55. The number of nitrogens with one attached hydrogen (secondary N) is 2. The average Bonchev–Trinajstić information content (AvgIpc) is 2.79. The van der Waals surface area contributed by atoms with Crippen molar-refractivity contribution in [3.8, 4) is 0 Å². The summed E-state index contributed by atoms with van der Waals surface area (Å²) in [5, 5.41) is 16.4. The topological polar surface area (TPSA) is 112 Å². The number of thiazole rings is 1. The third-order valence-electron chi connectivity index (χ3n) is 3.01. The number of carboxylic acids is 1. The SMILES string of the molecule is CC(=O)Nc1nc(CN2CCNC(=O)C2CC(=O)O)cs1. The Hall–Kier alpha value is -2.00. The molecule has 0 aromatic carbocycles. The van der Waals surface area contributed by atoms with Gasteiger partial charge in [-0.15, -0.1) is 11.3 Å². The first-order valence-electron chi connectivity index (χ1n) is 6.41. The Balaban J connectivity index is 2.04. The van der Waals surface area contributed by atoms with Gasteiger partial charge in [0.25, 0.3) is 0 Å². The summed E-state index contributed by atoms with van der Waals surface area (Å²) in [6.07, 6.45) is -0.242. The first-order valence-corrected chi connectivity index (χ1v) is 7.29. The third-order valence-corrected chi connectivity index (χ3v) is 3.82. The van der Waals surface area contributed by atoms with Crippen LogP contribution in [0.5, 0.6) is 0 Å². The first-order chi connectivity index (χ1) is 9.95. The summed E-state index contributed by atoms with van der Waals surface area (Å²) in [7, 11) is 0. The Morgan fingerprint density at radius 3 is 3.05 bits per heavy atom. The minimum absolute atomic E-state index is 0.197. The molecule has 2 amide bonds. The minimum atomic E-state index is -1.01. The summed E-state index contributed by atoms with van der Waals surface area (Å²) in [5.74, 6) is -1.49. The molecule has 0 spiro atoms. The van der Waals surface area contributed by atoms with Gasteiger partial charge in [-0.2, -0.15) is 0 Å². The Morgan fingerprint density at radius 2 is 2.38 bits per heavy atom. The van der Waals surface area contributed by atoms with E-state index in [2.05, 4.69) is 15.6 Å². The predicted molar refractivity (Wildman–Crippen MR) is 75.9 cm³/mol. The van der Waals surface area contributed by atoms with Gasteiger partial charge in [0.1, 0.15) is 6.04 Å². The van der Waals surface area contributed by atoms with Crippen molar-refractivity contribution in [2.75, 3.05) is 18.4 Å². The second kappa shape index (κ2) is 6.64. The van der Waals surface area contributed by atoms with Crippen molar-refractivity contribution in [3.05, 3.63) is 11.1 Å². The maximum atomic E-state index is 11.8. The van der Waals surface area contributed by atoms with Crippen LogP contribution >= 0.6 is 11.3 Å². The standard InChI is InChI=1S/C12H16N4O4S/c1-7(17)14-12-15-8(6-21-12)5-16-3-2-13-11(20)9(16)4-10(18)19/h6,9H,2-5H2,1H3,(H,13,20)(H,18,19)(H,14,15,17). The zero-order valence-electron chi connectivity index (χ0n) is 11.5. The fourth-order valence-corrected chi connectivity index (χ4v) is 2.88. The van der Waals surface area contributed by atoms with E-state index in [1.807, 2.05) is 0 Å². The molecule has 1 fully saturated rings. The molecule has 0 saturated carbocycles. The molecule has 2 rings (SSSR count). The van der Waals surface area contributed by atoms with Crippen LogP contribution in [0.3, 0.4) is 0 Å². The number of aliphatic carboxylic acids is 1. The summed E-state index contributed by atoms with van der Waals surface area (Å²) in [5.41, 5.74) is 0.703. The second-order valence-electron chi connectivity index (χ2n) is 4.70. The van der Waals surface area contributed by atoms with E-state index in [0.717, 1.165) is 0 Å². The normalized spacial score (nSPS) is 19.1.